The summed E-state index contributed by atoms with van der Waals surface area (Å²) in [5, 5.41) is 10.8. The highest BCUT2D eigenvalue weighted by atomic mass is 16.6. The van der Waals surface area contributed by atoms with Gasteiger partial charge in [-0.1, -0.05) is 30.4 Å². The summed E-state index contributed by atoms with van der Waals surface area (Å²) in [6.45, 7) is 2.68. The molecule has 0 N–H and O–H groups in total. The highest BCUT2D eigenvalue weighted by Gasteiger charge is 2.12. The molecule has 25 heavy (non-hydrogen) atoms. The first-order valence-electron chi connectivity index (χ1n) is 8.10. The van der Waals surface area contributed by atoms with Crippen molar-refractivity contribution in [1.82, 2.24) is 4.90 Å². The van der Waals surface area contributed by atoms with Crippen LogP contribution in [0.2, 0.25) is 0 Å². The molecule has 2 aromatic carbocycles. The van der Waals surface area contributed by atoms with Gasteiger partial charge in [-0.25, -0.2) is 0 Å². The highest BCUT2D eigenvalue weighted by Crippen LogP contribution is 2.31. The van der Waals surface area contributed by atoms with Gasteiger partial charge in [0.25, 0.3) is 5.69 Å². The zero-order chi connectivity index (χ0) is 17.6. The first-order valence-corrected chi connectivity index (χ1v) is 8.10. The molecule has 3 rings (SSSR count). The molecular formula is C19H20N2O4. The second-order valence-electron chi connectivity index (χ2n) is 5.93. The molecule has 1 aliphatic rings. The molecule has 0 aromatic heterocycles. The van der Waals surface area contributed by atoms with Gasteiger partial charge in [-0.15, -0.1) is 0 Å². The topological polar surface area (TPSA) is 64.8 Å². The van der Waals surface area contributed by atoms with Gasteiger partial charge in [0.05, 0.1) is 4.92 Å². The number of nitro groups is 1. The van der Waals surface area contributed by atoms with E-state index in [1.54, 1.807) is 12.1 Å². The van der Waals surface area contributed by atoms with Crippen molar-refractivity contribution in [3.8, 4) is 11.5 Å². The van der Waals surface area contributed by atoms with Gasteiger partial charge in [0, 0.05) is 25.2 Å². The average Bonchev–Trinajstić information content (AvgIpc) is 2.62. The summed E-state index contributed by atoms with van der Waals surface area (Å²) in [7, 11) is 2.02. The second kappa shape index (κ2) is 7.81. The van der Waals surface area contributed by atoms with Crippen LogP contribution in [0, 0.1) is 10.1 Å². The van der Waals surface area contributed by atoms with Crippen molar-refractivity contribution in [3.05, 3.63) is 69.8 Å². The van der Waals surface area contributed by atoms with Crippen LogP contribution >= 0.6 is 0 Å². The van der Waals surface area contributed by atoms with E-state index < -0.39 is 0 Å². The number of hydrogen-bond acceptors (Lipinski definition) is 5. The zero-order valence-corrected chi connectivity index (χ0v) is 14.1. The van der Waals surface area contributed by atoms with Crippen molar-refractivity contribution in [2.75, 3.05) is 26.8 Å². The Morgan fingerprint density at radius 1 is 1.16 bits per heavy atom. The van der Waals surface area contributed by atoms with Crippen LogP contribution in [0.1, 0.15) is 11.1 Å². The third-order valence-corrected chi connectivity index (χ3v) is 3.87. The molecule has 0 amide bonds. The summed E-state index contributed by atoms with van der Waals surface area (Å²) in [6.07, 6.45) is 3.89. The van der Waals surface area contributed by atoms with Crippen LogP contribution in [0.5, 0.6) is 11.5 Å². The van der Waals surface area contributed by atoms with Crippen molar-refractivity contribution >= 4 is 11.8 Å². The molecule has 0 bridgehead atoms. The van der Waals surface area contributed by atoms with Gasteiger partial charge in [-0.05, 0) is 30.3 Å². The predicted octanol–water partition coefficient (Wildman–Crippen LogP) is 3.51. The lowest BCUT2D eigenvalue weighted by molar-refractivity contribution is -0.384. The van der Waals surface area contributed by atoms with Crippen LogP contribution in [-0.4, -0.2) is 36.6 Å². The molecule has 1 aliphatic heterocycles. The fraction of sp³-hybridized carbons (Fsp3) is 0.263. The Balaban J connectivity index is 1.56. The fourth-order valence-corrected chi connectivity index (χ4v) is 2.67. The molecule has 0 fully saturated rings. The van der Waals surface area contributed by atoms with E-state index in [1.807, 2.05) is 43.5 Å². The van der Waals surface area contributed by atoms with E-state index in [2.05, 4.69) is 4.90 Å². The number of rotatable bonds is 6. The quantitative estimate of drug-likeness (QED) is 0.595. The SMILES string of the molecule is CN(CC=Cc1cccc([N+](=O)[O-])c1)Cc1ccc2c(c1)OCCO2. The van der Waals surface area contributed by atoms with E-state index in [0.29, 0.717) is 13.2 Å². The second-order valence-corrected chi connectivity index (χ2v) is 5.93. The minimum Gasteiger partial charge on any atom is -0.486 e. The molecule has 0 aliphatic carbocycles. The maximum atomic E-state index is 10.8. The van der Waals surface area contributed by atoms with Crippen LogP contribution in [0.15, 0.2) is 48.5 Å². The number of ether oxygens (including phenoxy) is 2. The summed E-state index contributed by atoms with van der Waals surface area (Å²) in [5.41, 5.74) is 2.07. The molecule has 0 unspecified atom stereocenters. The smallest absolute Gasteiger partial charge is 0.270 e. The normalized spacial score (nSPS) is 13.4. The largest absolute Gasteiger partial charge is 0.486 e. The van der Waals surface area contributed by atoms with Crippen LogP contribution in [0.25, 0.3) is 6.08 Å². The van der Waals surface area contributed by atoms with Gasteiger partial charge in [-0.2, -0.15) is 0 Å². The van der Waals surface area contributed by atoms with Crippen molar-refractivity contribution in [2.45, 2.75) is 6.54 Å². The summed E-state index contributed by atoms with van der Waals surface area (Å²) >= 11 is 0. The molecule has 0 atom stereocenters. The van der Waals surface area contributed by atoms with E-state index in [4.69, 9.17) is 9.47 Å². The number of hydrogen-bond donors (Lipinski definition) is 0. The molecule has 2 aromatic rings. The third kappa shape index (κ3) is 4.58. The molecule has 130 valence electrons. The number of benzene rings is 2. The molecule has 0 radical (unpaired) electrons. The van der Waals surface area contributed by atoms with Gasteiger partial charge in [-0.3, -0.25) is 15.0 Å². The van der Waals surface area contributed by atoms with Crippen LogP contribution < -0.4 is 9.47 Å². The summed E-state index contributed by atoms with van der Waals surface area (Å²) < 4.78 is 11.1. The molecule has 6 heteroatoms. The summed E-state index contributed by atoms with van der Waals surface area (Å²) in [4.78, 5) is 12.6. The van der Waals surface area contributed by atoms with E-state index in [-0.39, 0.29) is 10.6 Å². The maximum absolute atomic E-state index is 10.8. The molecule has 1 heterocycles. The lowest BCUT2D eigenvalue weighted by atomic mass is 10.1. The number of likely N-dealkylation sites (N-methyl/N-ethyl adjacent to an activating group) is 1. The Morgan fingerprint density at radius 3 is 2.76 bits per heavy atom. The first kappa shape index (κ1) is 17.0. The minimum absolute atomic E-state index is 0.104. The number of nitrogens with zero attached hydrogens (tertiary/aromatic N) is 2. The van der Waals surface area contributed by atoms with Crippen molar-refractivity contribution in [3.63, 3.8) is 0 Å². The minimum atomic E-state index is -0.384. The van der Waals surface area contributed by atoms with Crippen LogP contribution in [-0.2, 0) is 6.54 Å². The Hall–Kier alpha value is -2.86. The van der Waals surface area contributed by atoms with Gasteiger partial charge < -0.3 is 9.47 Å². The standard InChI is InChI=1S/C19H20N2O4/c1-20(9-3-5-15-4-2-6-17(12-15)21(22)23)14-16-7-8-18-19(13-16)25-11-10-24-18/h2-8,12-13H,9-11,14H2,1H3. The van der Waals surface area contributed by atoms with E-state index in [0.717, 1.165) is 35.7 Å². The molecule has 0 spiro atoms. The number of non-ortho nitro benzene ring substituents is 1. The van der Waals surface area contributed by atoms with E-state index in [9.17, 15) is 10.1 Å². The van der Waals surface area contributed by atoms with E-state index >= 15 is 0 Å². The van der Waals surface area contributed by atoms with Gasteiger partial charge >= 0.3 is 0 Å². The van der Waals surface area contributed by atoms with Crippen LogP contribution in [0.3, 0.4) is 0 Å². The number of fused-ring (bicyclic) bond motifs is 1. The maximum Gasteiger partial charge on any atom is 0.270 e. The lowest BCUT2D eigenvalue weighted by Gasteiger charge is -2.20. The van der Waals surface area contributed by atoms with Crippen LogP contribution in [0.4, 0.5) is 5.69 Å². The third-order valence-electron chi connectivity index (χ3n) is 3.87. The van der Waals surface area contributed by atoms with Crippen molar-refractivity contribution < 1.29 is 14.4 Å². The predicted molar refractivity (Wildman–Crippen MR) is 95.9 cm³/mol. The molecule has 0 saturated heterocycles. The average molecular weight is 340 g/mol. The first-order chi connectivity index (χ1) is 12.1. The Kier molecular flexibility index (Phi) is 5.30. The number of nitro benzene ring substituents is 1. The zero-order valence-electron chi connectivity index (χ0n) is 14.1. The highest BCUT2D eigenvalue weighted by molar-refractivity contribution is 5.53. The Labute approximate surface area is 146 Å². The van der Waals surface area contributed by atoms with Crippen molar-refractivity contribution in [1.29, 1.82) is 0 Å². The van der Waals surface area contributed by atoms with Gasteiger partial charge in [0.1, 0.15) is 13.2 Å². The molecular weight excluding hydrogens is 320 g/mol. The van der Waals surface area contributed by atoms with Gasteiger partial charge in [0.2, 0.25) is 0 Å². The van der Waals surface area contributed by atoms with Gasteiger partial charge in [0.15, 0.2) is 11.5 Å². The molecule has 0 saturated carbocycles. The van der Waals surface area contributed by atoms with E-state index in [1.165, 1.54) is 6.07 Å². The summed E-state index contributed by atoms with van der Waals surface area (Å²) in [6, 6.07) is 12.6. The lowest BCUT2D eigenvalue weighted by Crippen LogP contribution is -2.19. The Morgan fingerprint density at radius 2 is 1.96 bits per heavy atom. The fourth-order valence-electron chi connectivity index (χ4n) is 2.67. The van der Waals surface area contributed by atoms with Crippen molar-refractivity contribution in [2.24, 2.45) is 0 Å². The Bertz CT molecular complexity index is 789. The molecule has 6 nitrogen and oxygen atoms in total. The monoisotopic (exact) mass is 340 g/mol. The summed E-state index contributed by atoms with van der Waals surface area (Å²) in [5.74, 6) is 1.59.